The Hall–Kier alpha value is -1.11. The SMILES string of the molecule is NC[C@H](c1ccccc1C(F)(F)F)N1CCOCC1. The summed E-state index contributed by atoms with van der Waals surface area (Å²) < 4.78 is 44.3. The number of hydrogen-bond acceptors (Lipinski definition) is 3. The number of halogens is 3. The number of benzene rings is 1. The van der Waals surface area contributed by atoms with Crippen LogP contribution in [0.15, 0.2) is 24.3 Å². The standard InChI is InChI=1S/C13H17F3N2O/c14-13(15,16)11-4-2-1-3-10(11)12(9-17)18-5-7-19-8-6-18/h1-4,12H,5-9,17H2/t12-/m1/s1. The monoisotopic (exact) mass is 274 g/mol. The van der Waals surface area contributed by atoms with Gasteiger partial charge in [0.1, 0.15) is 0 Å². The van der Waals surface area contributed by atoms with E-state index in [0.29, 0.717) is 26.3 Å². The molecule has 1 aromatic rings. The van der Waals surface area contributed by atoms with E-state index in [1.54, 1.807) is 6.07 Å². The highest BCUT2D eigenvalue weighted by atomic mass is 19.4. The minimum atomic E-state index is -4.35. The highest BCUT2D eigenvalue weighted by Crippen LogP contribution is 2.36. The molecule has 0 radical (unpaired) electrons. The molecule has 6 heteroatoms. The predicted molar refractivity (Wildman–Crippen MR) is 65.6 cm³/mol. The van der Waals surface area contributed by atoms with E-state index in [9.17, 15) is 13.2 Å². The topological polar surface area (TPSA) is 38.5 Å². The van der Waals surface area contributed by atoms with Crippen LogP contribution in [0.1, 0.15) is 17.2 Å². The normalized spacial score (nSPS) is 19.4. The van der Waals surface area contributed by atoms with Crippen molar-refractivity contribution in [2.45, 2.75) is 12.2 Å². The summed E-state index contributed by atoms with van der Waals surface area (Å²) in [6.07, 6.45) is -4.35. The van der Waals surface area contributed by atoms with E-state index in [-0.39, 0.29) is 12.1 Å². The van der Waals surface area contributed by atoms with Crippen LogP contribution in [-0.4, -0.2) is 37.7 Å². The maximum absolute atomic E-state index is 13.0. The molecule has 1 fully saturated rings. The van der Waals surface area contributed by atoms with E-state index in [1.165, 1.54) is 12.1 Å². The molecule has 0 aliphatic carbocycles. The molecule has 0 unspecified atom stereocenters. The highest BCUT2D eigenvalue weighted by molar-refractivity contribution is 5.32. The van der Waals surface area contributed by atoms with Crippen LogP contribution < -0.4 is 5.73 Å². The largest absolute Gasteiger partial charge is 0.416 e. The molecular formula is C13H17F3N2O. The Labute approximate surface area is 110 Å². The third-order valence-electron chi connectivity index (χ3n) is 3.33. The maximum atomic E-state index is 13.0. The van der Waals surface area contributed by atoms with E-state index in [4.69, 9.17) is 10.5 Å². The number of nitrogens with zero attached hydrogens (tertiary/aromatic N) is 1. The minimum absolute atomic E-state index is 0.160. The quantitative estimate of drug-likeness (QED) is 0.916. The lowest BCUT2D eigenvalue weighted by Gasteiger charge is -2.35. The van der Waals surface area contributed by atoms with Crippen molar-refractivity contribution in [3.63, 3.8) is 0 Å². The van der Waals surface area contributed by atoms with E-state index < -0.39 is 17.8 Å². The number of morpholine rings is 1. The smallest absolute Gasteiger partial charge is 0.379 e. The molecule has 1 atom stereocenters. The Morgan fingerprint density at radius 1 is 1.21 bits per heavy atom. The van der Waals surface area contributed by atoms with Crippen LogP contribution in [-0.2, 0) is 10.9 Å². The van der Waals surface area contributed by atoms with E-state index in [2.05, 4.69) is 0 Å². The van der Waals surface area contributed by atoms with Gasteiger partial charge in [0.15, 0.2) is 0 Å². The molecule has 1 heterocycles. The second-order valence-corrected chi connectivity index (χ2v) is 4.48. The Balaban J connectivity index is 2.32. The van der Waals surface area contributed by atoms with Crippen molar-refractivity contribution in [1.82, 2.24) is 4.90 Å². The summed E-state index contributed by atoms with van der Waals surface area (Å²) in [6.45, 7) is 2.44. The van der Waals surface area contributed by atoms with Gasteiger partial charge in [-0.15, -0.1) is 0 Å². The number of hydrogen-bond donors (Lipinski definition) is 1. The van der Waals surface area contributed by atoms with Gasteiger partial charge in [-0.1, -0.05) is 18.2 Å². The second kappa shape index (κ2) is 5.90. The summed E-state index contributed by atoms with van der Waals surface area (Å²) in [7, 11) is 0. The summed E-state index contributed by atoms with van der Waals surface area (Å²) in [6, 6.07) is 5.22. The van der Waals surface area contributed by atoms with Gasteiger partial charge >= 0.3 is 6.18 Å². The fraction of sp³-hybridized carbons (Fsp3) is 0.538. The molecule has 0 saturated carbocycles. The Morgan fingerprint density at radius 3 is 2.42 bits per heavy atom. The predicted octanol–water partition coefficient (Wildman–Crippen LogP) is 2.04. The van der Waals surface area contributed by atoms with Gasteiger partial charge in [-0.2, -0.15) is 13.2 Å². The molecule has 3 nitrogen and oxygen atoms in total. The molecule has 0 aromatic heterocycles. The molecule has 19 heavy (non-hydrogen) atoms. The van der Waals surface area contributed by atoms with Crippen molar-refractivity contribution in [1.29, 1.82) is 0 Å². The first-order valence-electron chi connectivity index (χ1n) is 6.22. The molecule has 106 valence electrons. The molecular weight excluding hydrogens is 257 g/mol. The zero-order valence-corrected chi connectivity index (χ0v) is 10.5. The van der Waals surface area contributed by atoms with Gasteiger partial charge in [0.2, 0.25) is 0 Å². The van der Waals surface area contributed by atoms with Crippen LogP contribution in [0.25, 0.3) is 0 Å². The minimum Gasteiger partial charge on any atom is -0.379 e. The van der Waals surface area contributed by atoms with Crippen LogP contribution in [0, 0.1) is 0 Å². The van der Waals surface area contributed by atoms with Crippen molar-refractivity contribution in [2.75, 3.05) is 32.8 Å². The van der Waals surface area contributed by atoms with Crippen LogP contribution in [0.2, 0.25) is 0 Å². The Morgan fingerprint density at radius 2 is 1.84 bits per heavy atom. The molecule has 1 saturated heterocycles. The van der Waals surface area contributed by atoms with Crippen LogP contribution >= 0.6 is 0 Å². The molecule has 0 bridgehead atoms. The van der Waals surface area contributed by atoms with Gasteiger partial charge in [-0.05, 0) is 11.6 Å². The van der Waals surface area contributed by atoms with Gasteiger partial charge in [0.25, 0.3) is 0 Å². The summed E-state index contributed by atoms with van der Waals surface area (Å²) >= 11 is 0. The number of ether oxygens (including phenoxy) is 1. The summed E-state index contributed by atoms with van der Waals surface area (Å²) in [5.41, 5.74) is 5.35. The first-order valence-corrected chi connectivity index (χ1v) is 6.22. The molecule has 1 aliphatic rings. The van der Waals surface area contributed by atoms with Gasteiger partial charge in [0, 0.05) is 25.7 Å². The zero-order chi connectivity index (χ0) is 13.9. The average Bonchev–Trinajstić information content (AvgIpc) is 2.40. The molecule has 2 rings (SSSR count). The Kier molecular flexibility index (Phi) is 4.44. The Bertz CT molecular complexity index is 417. The van der Waals surface area contributed by atoms with Crippen LogP contribution in [0.5, 0.6) is 0 Å². The average molecular weight is 274 g/mol. The molecule has 2 N–H and O–H groups in total. The molecule has 0 spiro atoms. The third kappa shape index (κ3) is 3.26. The number of nitrogens with two attached hydrogens (primary N) is 1. The fourth-order valence-corrected chi connectivity index (χ4v) is 2.41. The maximum Gasteiger partial charge on any atom is 0.416 e. The molecule has 1 aromatic carbocycles. The van der Waals surface area contributed by atoms with Crippen LogP contribution in [0.4, 0.5) is 13.2 Å². The fourth-order valence-electron chi connectivity index (χ4n) is 2.41. The zero-order valence-electron chi connectivity index (χ0n) is 10.5. The van der Waals surface area contributed by atoms with Crippen molar-refractivity contribution < 1.29 is 17.9 Å². The summed E-state index contributed by atoms with van der Waals surface area (Å²) in [5.74, 6) is 0. The molecule has 0 amide bonds. The van der Waals surface area contributed by atoms with E-state index >= 15 is 0 Å². The van der Waals surface area contributed by atoms with E-state index in [0.717, 1.165) is 6.07 Å². The van der Waals surface area contributed by atoms with Gasteiger partial charge in [0.05, 0.1) is 18.8 Å². The van der Waals surface area contributed by atoms with Crippen molar-refractivity contribution in [3.05, 3.63) is 35.4 Å². The first-order chi connectivity index (χ1) is 9.04. The third-order valence-corrected chi connectivity index (χ3v) is 3.33. The van der Waals surface area contributed by atoms with Gasteiger partial charge in [-0.25, -0.2) is 0 Å². The second-order valence-electron chi connectivity index (χ2n) is 4.48. The number of rotatable bonds is 3. The number of alkyl halides is 3. The van der Waals surface area contributed by atoms with Crippen molar-refractivity contribution >= 4 is 0 Å². The highest BCUT2D eigenvalue weighted by Gasteiger charge is 2.36. The van der Waals surface area contributed by atoms with Gasteiger partial charge < -0.3 is 10.5 Å². The lowest BCUT2D eigenvalue weighted by atomic mass is 9.98. The van der Waals surface area contributed by atoms with E-state index in [1.807, 2.05) is 4.90 Å². The molecule has 1 aliphatic heterocycles. The summed E-state index contributed by atoms with van der Waals surface area (Å²) in [5, 5.41) is 0. The van der Waals surface area contributed by atoms with Crippen molar-refractivity contribution in [3.8, 4) is 0 Å². The summed E-state index contributed by atoms with van der Waals surface area (Å²) in [4.78, 5) is 1.95. The van der Waals surface area contributed by atoms with Gasteiger partial charge in [-0.3, -0.25) is 4.90 Å². The lowest BCUT2D eigenvalue weighted by Crippen LogP contribution is -2.42. The van der Waals surface area contributed by atoms with Crippen LogP contribution in [0.3, 0.4) is 0 Å². The van der Waals surface area contributed by atoms with Crippen molar-refractivity contribution in [2.24, 2.45) is 5.73 Å². The first kappa shape index (κ1) is 14.3. The lowest BCUT2D eigenvalue weighted by molar-refractivity contribution is -0.139.